The average molecular weight is 391 g/mol. The smallest absolute Gasteiger partial charge is 0.319 e. The van der Waals surface area contributed by atoms with E-state index in [1.54, 1.807) is 43.3 Å². The number of rotatable bonds is 5. The van der Waals surface area contributed by atoms with Crippen molar-refractivity contribution in [2.75, 3.05) is 5.32 Å². The van der Waals surface area contributed by atoms with Gasteiger partial charge in [0.25, 0.3) is 0 Å². The Morgan fingerprint density at radius 1 is 1.12 bits per heavy atom. The number of carbonyl (C=O) groups excluding carboxylic acids is 2. The predicted octanol–water partition coefficient (Wildman–Crippen LogP) is 3.90. The lowest BCUT2D eigenvalue weighted by Crippen LogP contribution is -2.39. The number of benzene rings is 2. The summed E-state index contributed by atoms with van der Waals surface area (Å²) in [5.41, 5.74) is 1.76. The van der Waals surface area contributed by atoms with Gasteiger partial charge in [0.05, 0.1) is 12.1 Å². The standard InChI is InChI=1S/C18H19BrN2O3/c1-11(17(23)13-6-8-15(19)9-7-13)20-18(24)21-16-5-3-4-14(10-16)12(2)22/h3-11,17,23H,1-2H3,(H2,20,21,24). The van der Waals surface area contributed by atoms with E-state index in [0.29, 0.717) is 16.8 Å². The summed E-state index contributed by atoms with van der Waals surface area (Å²) in [6.07, 6.45) is -0.826. The van der Waals surface area contributed by atoms with Crippen LogP contribution in [-0.2, 0) is 0 Å². The minimum Gasteiger partial charge on any atom is -0.386 e. The molecule has 24 heavy (non-hydrogen) atoms. The first-order valence-corrected chi connectivity index (χ1v) is 8.28. The summed E-state index contributed by atoms with van der Waals surface area (Å²) in [6.45, 7) is 3.19. The number of hydrogen-bond donors (Lipinski definition) is 3. The van der Waals surface area contributed by atoms with Crippen LogP contribution < -0.4 is 10.6 Å². The molecule has 3 N–H and O–H groups in total. The van der Waals surface area contributed by atoms with Gasteiger partial charge in [-0.2, -0.15) is 0 Å². The minimum atomic E-state index is -0.826. The molecule has 0 bridgehead atoms. The first kappa shape index (κ1) is 18.2. The van der Waals surface area contributed by atoms with Gasteiger partial charge in [0.2, 0.25) is 0 Å². The predicted molar refractivity (Wildman–Crippen MR) is 97.2 cm³/mol. The number of urea groups is 1. The van der Waals surface area contributed by atoms with Crippen molar-refractivity contribution in [2.24, 2.45) is 0 Å². The van der Waals surface area contributed by atoms with E-state index in [2.05, 4.69) is 26.6 Å². The van der Waals surface area contributed by atoms with E-state index >= 15 is 0 Å². The van der Waals surface area contributed by atoms with Crippen molar-refractivity contribution in [3.8, 4) is 0 Å². The van der Waals surface area contributed by atoms with Gasteiger partial charge >= 0.3 is 6.03 Å². The molecule has 6 heteroatoms. The van der Waals surface area contributed by atoms with Gasteiger partial charge in [0.15, 0.2) is 5.78 Å². The quantitative estimate of drug-likeness (QED) is 0.677. The van der Waals surface area contributed by atoms with Crippen molar-refractivity contribution in [1.82, 2.24) is 5.32 Å². The Morgan fingerprint density at radius 2 is 1.79 bits per heavy atom. The molecule has 2 aromatic carbocycles. The number of hydrogen-bond acceptors (Lipinski definition) is 3. The molecule has 2 aromatic rings. The second-order valence-electron chi connectivity index (χ2n) is 5.52. The number of nitrogens with one attached hydrogen (secondary N) is 2. The summed E-state index contributed by atoms with van der Waals surface area (Å²) in [5, 5.41) is 15.7. The molecule has 2 rings (SSSR count). The van der Waals surface area contributed by atoms with Crippen molar-refractivity contribution < 1.29 is 14.7 Å². The molecule has 2 atom stereocenters. The highest BCUT2D eigenvalue weighted by atomic mass is 79.9. The molecule has 0 saturated heterocycles. The number of aliphatic hydroxyl groups excluding tert-OH is 1. The number of carbonyl (C=O) groups is 2. The van der Waals surface area contributed by atoms with Crippen LogP contribution >= 0.6 is 15.9 Å². The van der Waals surface area contributed by atoms with Crippen LogP contribution in [0.3, 0.4) is 0 Å². The lowest BCUT2D eigenvalue weighted by atomic mass is 10.0. The van der Waals surface area contributed by atoms with Gasteiger partial charge in [-0.15, -0.1) is 0 Å². The zero-order valence-corrected chi connectivity index (χ0v) is 15.0. The summed E-state index contributed by atoms with van der Waals surface area (Å²) in [7, 11) is 0. The normalized spacial score (nSPS) is 13.0. The zero-order chi connectivity index (χ0) is 17.7. The lowest BCUT2D eigenvalue weighted by molar-refractivity contribution is 0.101. The van der Waals surface area contributed by atoms with E-state index in [0.717, 1.165) is 4.47 Å². The highest BCUT2D eigenvalue weighted by Crippen LogP contribution is 2.19. The topological polar surface area (TPSA) is 78.4 Å². The molecular weight excluding hydrogens is 372 g/mol. The van der Waals surface area contributed by atoms with Crippen LogP contribution in [0.5, 0.6) is 0 Å². The summed E-state index contributed by atoms with van der Waals surface area (Å²) < 4.78 is 0.919. The van der Waals surface area contributed by atoms with Gasteiger partial charge in [-0.1, -0.05) is 40.2 Å². The average Bonchev–Trinajstić information content (AvgIpc) is 2.55. The van der Waals surface area contributed by atoms with Crippen molar-refractivity contribution >= 4 is 33.4 Å². The van der Waals surface area contributed by atoms with Gasteiger partial charge in [-0.25, -0.2) is 4.79 Å². The maximum absolute atomic E-state index is 12.1. The highest BCUT2D eigenvalue weighted by molar-refractivity contribution is 9.10. The van der Waals surface area contributed by atoms with E-state index in [1.165, 1.54) is 6.92 Å². The Morgan fingerprint density at radius 3 is 2.42 bits per heavy atom. The molecule has 5 nitrogen and oxygen atoms in total. The number of halogens is 1. The summed E-state index contributed by atoms with van der Waals surface area (Å²) >= 11 is 3.34. The van der Waals surface area contributed by atoms with E-state index in [1.807, 2.05) is 12.1 Å². The van der Waals surface area contributed by atoms with E-state index < -0.39 is 18.2 Å². The van der Waals surface area contributed by atoms with Crippen molar-refractivity contribution in [3.05, 3.63) is 64.1 Å². The van der Waals surface area contributed by atoms with Gasteiger partial charge < -0.3 is 15.7 Å². The molecule has 0 heterocycles. The third-order valence-electron chi connectivity index (χ3n) is 3.57. The van der Waals surface area contributed by atoms with Crippen LogP contribution in [0.1, 0.15) is 35.9 Å². The zero-order valence-electron chi connectivity index (χ0n) is 13.4. The first-order chi connectivity index (χ1) is 11.4. The number of anilines is 1. The molecule has 0 saturated carbocycles. The summed E-state index contributed by atoms with van der Waals surface area (Å²) in [5.74, 6) is -0.0712. The van der Waals surface area contributed by atoms with Crippen molar-refractivity contribution in [2.45, 2.75) is 26.0 Å². The van der Waals surface area contributed by atoms with Gasteiger partial charge in [0, 0.05) is 15.7 Å². The maximum Gasteiger partial charge on any atom is 0.319 e. The Bertz CT molecular complexity index is 731. The minimum absolute atomic E-state index is 0.0712. The molecule has 126 valence electrons. The molecule has 2 unspecified atom stereocenters. The van der Waals surface area contributed by atoms with Crippen molar-refractivity contribution in [3.63, 3.8) is 0 Å². The highest BCUT2D eigenvalue weighted by Gasteiger charge is 2.18. The SMILES string of the molecule is CC(=O)c1cccc(NC(=O)NC(C)C(O)c2ccc(Br)cc2)c1. The Labute approximate surface area is 149 Å². The summed E-state index contributed by atoms with van der Waals surface area (Å²) in [6, 6.07) is 13.0. The van der Waals surface area contributed by atoms with Crippen LogP contribution in [-0.4, -0.2) is 23.0 Å². The van der Waals surface area contributed by atoms with E-state index in [4.69, 9.17) is 0 Å². The van der Waals surface area contributed by atoms with Gasteiger partial charge in [-0.3, -0.25) is 4.79 Å². The third-order valence-corrected chi connectivity index (χ3v) is 4.10. The summed E-state index contributed by atoms with van der Waals surface area (Å²) in [4.78, 5) is 23.4. The Kier molecular flexibility index (Phi) is 6.11. The van der Waals surface area contributed by atoms with Crippen LogP contribution in [0.4, 0.5) is 10.5 Å². The lowest BCUT2D eigenvalue weighted by Gasteiger charge is -2.21. The fraction of sp³-hybridized carbons (Fsp3) is 0.222. The number of ketones is 1. The fourth-order valence-electron chi connectivity index (χ4n) is 2.22. The monoisotopic (exact) mass is 390 g/mol. The van der Waals surface area contributed by atoms with Crippen LogP contribution in [0.25, 0.3) is 0 Å². The number of amides is 2. The molecular formula is C18H19BrN2O3. The van der Waals surface area contributed by atoms with Crippen LogP contribution in [0.15, 0.2) is 53.0 Å². The molecule has 0 radical (unpaired) electrons. The molecule has 0 aliphatic rings. The van der Waals surface area contributed by atoms with Gasteiger partial charge in [-0.05, 0) is 43.7 Å². The second-order valence-corrected chi connectivity index (χ2v) is 6.44. The van der Waals surface area contributed by atoms with Gasteiger partial charge in [0.1, 0.15) is 0 Å². The van der Waals surface area contributed by atoms with Crippen molar-refractivity contribution in [1.29, 1.82) is 0 Å². The molecule has 2 amide bonds. The van der Waals surface area contributed by atoms with E-state index in [9.17, 15) is 14.7 Å². The third kappa shape index (κ3) is 4.91. The van der Waals surface area contributed by atoms with Crippen LogP contribution in [0.2, 0.25) is 0 Å². The Balaban J connectivity index is 1.97. The fourth-order valence-corrected chi connectivity index (χ4v) is 2.48. The maximum atomic E-state index is 12.1. The first-order valence-electron chi connectivity index (χ1n) is 7.49. The number of Topliss-reactive ketones (excluding diaryl/α,β-unsaturated/α-hetero) is 1. The second kappa shape index (κ2) is 8.08. The molecule has 0 fully saturated rings. The number of aliphatic hydroxyl groups is 1. The largest absolute Gasteiger partial charge is 0.386 e. The molecule has 0 aliphatic carbocycles. The van der Waals surface area contributed by atoms with Crippen LogP contribution in [0, 0.1) is 0 Å². The molecule has 0 aromatic heterocycles. The Hall–Kier alpha value is -2.18. The van der Waals surface area contributed by atoms with E-state index in [-0.39, 0.29) is 5.78 Å². The molecule has 0 aliphatic heterocycles. The molecule has 0 spiro atoms.